The maximum absolute atomic E-state index is 15.0. The van der Waals surface area contributed by atoms with E-state index in [1.165, 1.54) is 14.0 Å². The molecule has 2 aliphatic heterocycles. The van der Waals surface area contributed by atoms with Crippen molar-refractivity contribution in [2.24, 2.45) is 52.8 Å². The van der Waals surface area contributed by atoms with Gasteiger partial charge in [0.25, 0.3) is 0 Å². The maximum atomic E-state index is 15.0. The van der Waals surface area contributed by atoms with Crippen LogP contribution in [0.15, 0.2) is 58.4 Å². The monoisotopic (exact) mass is 764 g/mol. The molecule has 15 unspecified atom stereocenters. The number of aliphatic hydroxyl groups excluding tert-OH is 1. The van der Waals surface area contributed by atoms with Crippen LogP contribution < -0.4 is 5.32 Å². The molecule has 1 amide bonds. The summed E-state index contributed by atoms with van der Waals surface area (Å²) in [4.78, 5) is 53.6. The van der Waals surface area contributed by atoms with Gasteiger partial charge in [0.2, 0.25) is 11.3 Å². The summed E-state index contributed by atoms with van der Waals surface area (Å²) >= 11 is 0. The summed E-state index contributed by atoms with van der Waals surface area (Å²) in [6, 6.07) is -0.989. The van der Waals surface area contributed by atoms with E-state index in [1.807, 2.05) is 40.7 Å². The Morgan fingerprint density at radius 3 is 2.38 bits per heavy atom. The first-order valence-corrected chi connectivity index (χ1v) is 19.9. The van der Waals surface area contributed by atoms with Gasteiger partial charge in [-0.1, -0.05) is 76.1 Å². The fraction of sp³-hybridized carbons (Fsp3) is 0.698. The van der Waals surface area contributed by atoms with Gasteiger partial charge in [0.05, 0.1) is 25.7 Å². The zero-order valence-corrected chi connectivity index (χ0v) is 34.2. The Labute approximate surface area is 325 Å². The van der Waals surface area contributed by atoms with E-state index in [0.717, 1.165) is 23.1 Å². The molecule has 0 aromatic rings. The van der Waals surface area contributed by atoms with Crippen LogP contribution in [-0.2, 0) is 28.5 Å². The van der Waals surface area contributed by atoms with Crippen LogP contribution in [0, 0.1) is 62.9 Å². The number of fused-ring (bicyclic) bond motifs is 4. The third-order valence-electron chi connectivity index (χ3n) is 14.5. The van der Waals surface area contributed by atoms with Crippen molar-refractivity contribution in [2.45, 2.75) is 131 Å². The zero-order chi connectivity index (χ0) is 40.5. The Bertz CT molecular complexity index is 1780. The van der Waals surface area contributed by atoms with E-state index in [4.69, 9.17) is 18.9 Å². The van der Waals surface area contributed by atoms with E-state index >= 15 is 4.79 Å². The van der Waals surface area contributed by atoms with E-state index in [1.54, 1.807) is 6.92 Å². The smallest absolute Gasteiger partial charge is 0.407 e. The van der Waals surface area contributed by atoms with Crippen LogP contribution in [0.25, 0.3) is 0 Å². The highest BCUT2D eigenvalue weighted by Crippen LogP contribution is 2.61. The Morgan fingerprint density at radius 2 is 1.73 bits per heavy atom. The van der Waals surface area contributed by atoms with Gasteiger partial charge in [-0.05, 0) is 81.6 Å². The summed E-state index contributed by atoms with van der Waals surface area (Å²) in [6.45, 7) is 19.7. The predicted octanol–water partition coefficient (Wildman–Crippen LogP) is 7.58. The molecule has 0 radical (unpaired) electrons. The van der Waals surface area contributed by atoms with Gasteiger partial charge in [-0.25, -0.2) is 9.59 Å². The first-order chi connectivity index (χ1) is 25.7. The molecule has 2 saturated heterocycles. The molecule has 12 heteroatoms. The van der Waals surface area contributed by atoms with Crippen LogP contribution in [0.1, 0.15) is 94.9 Å². The van der Waals surface area contributed by atoms with Gasteiger partial charge in [0, 0.05) is 35.5 Å². The summed E-state index contributed by atoms with van der Waals surface area (Å²) < 4.78 is 24.0. The van der Waals surface area contributed by atoms with Gasteiger partial charge < -0.3 is 29.4 Å². The largest absolute Gasteiger partial charge is 0.511 e. The molecule has 0 aromatic heterocycles. The van der Waals surface area contributed by atoms with E-state index in [0.29, 0.717) is 18.3 Å². The highest BCUT2D eigenvalue weighted by atomic mass is 16.7. The van der Waals surface area contributed by atoms with E-state index < -0.39 is 69.8 Å². The summed E-state index contributed by atoms with van der Waals surface area (Å²) in [5.74, 6) is -1.60. The lowest BCUT2D eigenvalue weighted by atomic mass is 9.48. The van der Waals surface area contributed by atoms with E-state index in [2.05, 4.69) is 50.4 Å². The Morgan fingerprint density at radius 1 is 1.04 bits per heavy atom. The molecular weight excluding hydrogens is 704 g/mol. The molecule has 302 valence electrons. The topological polar surface area (TPSA) is 164 Å². The number of methoxy groups -OCH3 is 1. The number of esters is 1. The molecule has 0 aromatic carbocycles. The summed E-state index contributed by atoms with van der Waals surface area (Å²) in [7, 11) is 1.20. The molecule has 2 bridgehead atoms. The number of hydrogen-bond donors (Lipinski definition) is 2. The second-order valence-electron chi connectivity index (χ2n) is 18.1. The number of nitrogens with zero attached hydrogens (tertiary/aromatic N) is 1. The number of nitro groups is 1. The number of rotatable bonds is 4. The number of hydrogen-bond acceptors (Lipinski definition) is 10. The van der Waals surface area contributed by atoms with Crippen LogP contribution in [-0.4, -0.2) is 70.7 Å². The van der Waals surface area contributed by atoms with Gasteiger partial charge in [-0.15, -0.1) is 0 Å². The minimum absolute atomic E-state index is 0.0649. The molecule has 2 heterocycles. The molecule has 15 atom stereocenters. The van der Waals surface area contributed by atoms with Crippen molar-refractivity contribution in [1.29, 1.82) is 0 Å². The second-order valence-corrected chi connectivity index (χ2v) is 18.1. The first kappa shape index (κ1) is 40.9. The minimum atomic E-state index is -1.64. The zero-order valence-electron chi connectivity index (χ0n) is 34.2. The van der Waals surface area contributed by atoms with Gasteiger partial charge in [0.1, 0.15) is 17.4 Å². The van der Waals surface area contributed by atoms with E-state index in [9.17, 15) is 24.8 Å². The van der Waals surface area contributed by atoms with Crippen molar-refractivity contribution in [2.75, 3.05) is 7.11 Å². The summed E-state index contributed by atoms with van der Waals surface area (Å²) in [5, 5.41) is 27.9. The first-order valence-electron chi connectivity index (χ1n) is 19.9. The number of amides is 1. The van der Waals surface area contributed by atoms with E-state index in [-0.39, 0.29) is 53.8 Å². The fourth-order valence-corrected chi connectivity index (χ4v) is 11.5. The van der Waals surface area contributed by atoms with Crippen molar-refractivity contribution in [1.82, 2.24) is 5.32 Å². The standard InChI is InChI=1S/C43H60N2O10/c1-21-16-24(4)31-18-25(5)32(54-33-20-41(9,45(50)51)36(28(8)53-33)44-40(49)52-11)15-12-22(2)30-14-13-29-27(7)23(3)17-26(6)35(29)42(30,10)37(46)34-38(47)43(31,19-21)55-39(34)48/h12-14,16,18,23-24,26-33,35-36,46H,15,17,19-20H2,1-11H3,(H,44,49)/b22-12+,25-18?,37-34?. The molecule has 4 aliphatic carbocycles. The van der Waals surface area contributed by atoms with Gasteiger partial charge in [-0.3, -0.25) is 14.9 Å². The SMILES string of the molecule is COC(=O)NC1C(C)OC(OC2C/C=C(\C)C3C=CC4C(C)C(C)CC(C)C4C3(C)C(O)=C3C(=O)OC4(CC(C)=CC(C)C4C=C2C)C3=O)CC1(C)[N+](=O)[O-]. The molecule has 6 rings (SSSR count). The normalized spacial score (nSPS) is 45.5. The second kappa shape index (κ2) is 14.6. The number of carbonyl (C=O) groups is 3. The molecule has 6 aliphatic rings. The van der Waals surface area contributed by atoms with Gasteiger partial charge >= 0.3 is 12.1 Å². The lowest BCUT2D eigenvalue weighted by Gasteiger charge is -2.56. The lowest BCUT2D eigenvalue weighted by molar-refractivity contribution is -0.584. The predicted molar refractivity (Wildman–Crippen MR) is 205 cm³/mol. The molecule has 1 spiro atoms. The Kier molecular flexibility index (Phi) is 10.9. The van der Waals surface area contributed by atoms with Crippen molar-refractivity contribution in [3.63, 3.8) is 0 Å². The highest BCUT2D eigenvalue weighted by Gasteiger charge is 2.63. The number of carbonyl (C=O) groups excluding carboxylic acids is 3. The Balaban J connectivity index is 1.50. The molecule has 55 heavy (non-hydrogen) atoms. The van der Waals surface area contributed by atoms with Crippen LogP contribution >= 0.6 is 0 Å². The maximum Gasteiger partial charge on any atom is 0.407 e. The van der Waals surface area contributed by atoms with Crippen molar-refractivity contribution in [3.8, 4) is 0 Å². The lowest BCUT2D eigenvalue weighted by Crippen LogP contribution is -2.65. The summed E-state index contributed by atoms with van der Waals surface area (Å²) in [5.41, 5.74) is -1.85. The van der Waals surface area contributed by atoms with Crippen LogP contribution in [0.3, 0.4) is 0 Å². The molecular formula is C43H60N2O10. The molecule has 1 saturated carbocycles. The number of allylic oxidation sites excluding steroid dienone is 5. The fourth-order valence-electron chi connectivity index (χ4n) is 11.5. The van der Waals surface area contributed by atoms with Gasteiger partial charge in [-0.2, -0.15) is 0 Å². The number of nitrogens with one attached hydrogen (secondary N) is 1. The van der Waals surface area contributed by atoms with Crippen LogP contribution in [0.2, 0.25) is 0 Å². The van der Waals surface area contributed by atoms with Crippen molar-refractivity contribution >= 4 is 17.8 Å². The minimum Gasteiger partial charge on any atom is -0.511 e. The molecule has 2 N–H and O–H groups in total. The van der Waals surface area contributed by atoms with Gasteiger partial charge in [0.15, 0.2) is 11.9 Å². The summed E-state index contributed by atoms with van der Waals surface area (Å²) in [6.07, 6.45) is 8.62. The number of ketones is 1. The third-order valence-corrected chi connectivity index (χ3v) is 14.5. The number of aliphatic hydroxyl groups is 1. The van der Waals surface area contributed by atoms with Crippen molar-refractivity contribution in [3.05, 3.63) is 68.5 Å². The number of alkyl carbamates (subject to hydrolysis) is 1. The quantitative estimate of drug-likeness (QED) is 0.0959. The van der Waals surface area contributed by atoms with Crippen molar-refractivity contribution < 1.29 is 43.4 Å². The van der Waals surface area contributed by atoms with Crippen LogP contribution in [0.5, 0.6) is 0 Å². The Hall–Kier alpha value is -3.77. The molecule has 12 nitrogen and oxygen atoms in total. The average molecular weight is 765 g/mol. The number of Topliss-reactive ketones (excluding diaryl/α,β-unsaturated/α-hetero) is 1. The molecule has 3 fully saturated rings. The third kappa shape index (κ3) is 6.58. The number of ether oxygens (including phenoxy) is 4. The highest BCUT2D eigenvalue weighted by molar-refractivity contribution is 6.26. The van der Waals surface area contributed by atoms with Crippen LogP contribution in [0.4, 0.5) is 4.79 Å². The average Bonchev–Trinajstić information content (AvgIpc) is 3.35.